The lowest BCUT2D eigenvalue weighted by atomic mass is 9.94. The van der Waals surface area contributed by atoms with E-state index in [4.69, 9.17) is 0 Å². The van der Waals surface area contributed by atoms with Gasteiger partial charge in [-0.3, -0.25) is 0 Å². The van der Waals surface area contributed by atoms with E-state index < -0.39 is 10.0 Å². The topological polar surface area (TPSA) is 47.0 Å². The van der Waals surface area contributed by atoms with Gasteiger partial charge in [-0.25, -0.2) is 12.4 Å². The fraction of sp³-hybridized carbons (Fsp3) is 0.192. The second-order valence-corrected chi connectivity index (χ2v) is 10.4. The van der Waals surface area contributed by atoms with Crippen molar-refractivity contribution in [2.24, 2.45) is 0 Å². The van der Waals surface area contributed by atoms with Crippen molar-refractivity contribution in [3.63, 3.8) is 0 Å². The van der Waals surface area contributed by atoms with Gasteiger partial charge in [0, 0.05) is 41.7 Å². The minimum absolute atomic E-state index is 0.239. The number of allylic oxidation sites excluding steroid dienone is 3. The van der Waals surface area contributed by atoms with Crippen molar-refractivity contribution in [3.8, 4) is 11.8 Å². The lowest BCUT2D eigenvalue weighted by Gasteiger charge is -2.29. The fourth-order valence-electron chi connectivity index (χ4n) is 4.77. The van der Waals surface area contributed by atoms with E-state index in [0.29, 0.717) is 0 Å². The predicted molar refractivity (Wildman–Crippen MR) is 132 cm³/mol. The Balaban J connectivity index is 1.50. The van der Waals surface area contributed by atoms with Gasteiger partial charge in [0.25, 0.3) is 10.0 Å². The van der Waals surface area contributed by atoms with Crippen LogP contribution in [0.25, 0.3) is 5.57 Å². The van der Waals surface area contributed by atoms with Crippen LogP contribution in [0.5, 0.6) is 0 Å². The number of benzene rings is 1. The summed E-state index contributed by atoms with van der Waals surface area (Å²) in [6, 6.07) is 12.3. The standard InChI is InChI=1S/C26H24BN3O2S/c1-17-16-18(2)29-25(17)20(4)26-19(3)24(21(5)30(26)27-29)13-10-22-8-11-23(12-9-22)33(31,32)28-14-6-7-15-28/h6-9,11-12,14-16H,1-5H3. The number of aromatic nitrogens is 2. The molecular weight excluding hydrogens is 429 g/mol. The van der Waals surface area contributed by atoms with E-state index in [1.807, 2.05) is 0 Å². The van der Waals surface area contributed by atoms with Gasteiger partial charge in [0.2, 0.25) is 7.55 Å². The van der Waals surface area contributed by atoms with Gasteiger partial charge < -0.3 is 8.96 Å². The van der Waals surface area contributed by atoms with E-state index in [9.17, 15) is 8.42 Å². The van der Waals surface area contributed by atoms with Crippen LogP contribution in [0.2, 0.25) is 0 Å². The summed E-state index contributed by atoms with van der Waals surface area (Å²) in [7, 11) is -1.43. The Labute approximate surface area is 195 Å². The first-order valence-corrected chi connectivity index (χ1v) is 12.2. The smallest absolute Gasteiger partial charge is 0.267 e. The SMILES string of the molecule is CC1=C(C#Cc2ccc(S(=O)(=O)n3cccc3)cc2)C(C)=[N+]2[B-]n3c(C)cc(C)c3C(C)=C12. The van der Waals surface area contributed by atoms with Crippen LogP contribution < -0.4 is 0 Å². The highest BCUT2D eigenvalue weighted by molar-refractivity contribution is 7.90. The molecule has 164 valence electrons. The van der Waals surface area contributed by atoms with Crippen LogP contribution in [0.15, 0.2) is 76.6 Å². The number of hydrogen-bond donors (Lipinski definition) is 0. The molecule has 0 spiro atoms. The zero-order chi connectivity index (χ0) is 23.5. The van der Waals surface area contributed by atoms with E-state index in [0.717, 1.165) is 22.4 Å². The molecule has 0 aliphatic carbocycles. The van der Waals surface area contributed by atoms with Crippen LogP contribution in [-0.2, 0) is 10.0 Å². The van der Waals surface area contributed by atoms with E-state index >= 15 is 0 Å². The Morgan fingerprint density at radius 2 is 1.58 bits per heavy atom. The fourth-order valence-corrected chi connectivity index (χ4v) is 5.95. The molecule has 0 atom stereocenters. The van der Waals surface area contributed by atoms with Gasteiger partial charge in [0.05, 0.1) is 10.5 Å². The highest BCUT2D eigenvalue weighted by Gasteiger charge is 2.32. The molecule has 5 nitrogen and oxygen atoms in total. The van der Waals surface area contributed by atoms with Gasteiger partial charge in [-0.15, -0.1) is 0 Å². The Morgan fingerprint density at radius 1 is 0.909 bits per heavy atom. The normalized spacial score (nSPS) is 15.5. The molecule has 0 unspecified atom stereocenters. The first-order chi connectivity index (χ1) is 15.7. The molecule has 1 aromatic carbocycles. The van der Waals surface area contributed by atoms with Crippen LogP contribution in [0.1, 0.15) is 43.3 Å². The monoisotopic (exact) mass is 453 g/mol. The van der Waals surface area contributed by atoms with Crippen LogP contribution >= 0.6 is 0 Å². The highest BCUT2D eigenvalue weighted by atomic mass is 32.2. The maximum absolute atomic E-state index is 12.7. The van der Waals surface area contributed by atoms with E-state index in [2.05, 4.69) is 69.0 Å². The molecule has 33 heavy (non-hydrogen) atoms. The van der Waals surface area contributed by atoms with Crippen molar-refractivity contribution in [1.82, 2.24) is 8.45 Å². The Kier molecular flexibility index (Phi) is 4.87. The van der Waals surface area contributed by atoms with Crippen molar-refractivity contribution in [1.29, 1.82) is 0 Å². The Bertz CT molecular complexity index is 1570. The van der Waals surface area contributed by atoms with Crippen molar-refractivity contribution < 1.29 is 12.9 Å². The summed E-state index contributed by atoms with van der Waals surface area (Å²) in [6.07, 6.45) is 3.05. The number of fused-ring (bicyclic) bond motifs is 2. The zero-order valence-corrected chi connectivity index (χ0v) is 20.2. The van der Waals surface area contributed by atoms with Crippen molar-refractivity contribution in [3.05, 3.63) is 94.2 Å². The van der Waals surface area contributed by atoms with Gasteiger partial charge in [-0.1, -0.05) is 11.8 Å². The van der Waals surface area contributed by atoms with Crippen LogP contribution in [0, 0.1) is 25.7 Å². The molecule has 0 fully saturated rings. The molecule has 0 amide bonds. The zero-order valence-electron chi connectivity index (χ0n) is 19.3. The molecule has 4 heterocycles. The Morgan fingerprint density at radius 3 is 2.24 bits per heavy atom. The number of aryl methyl sites for hydroxylation is 2. The molecule has 2 radical (unpaired) electrons. The molecule has 0 saturated carbocycles. The first kappa shape index (κ1) is 21.4. The average Bonchev–Trinajstić information content (AvgIpc) is 3.48. The van der Waals surface area contributed by atoms with Crippen LogP contribution in [0.4, 0.5) is 0 Å². The van der Waals surface area contributed by atoms with E-state index in [1.54, 1.807) is 36.4 Å². The van der Waals surface area contributed by atoms with E-state index in [1.165, 1.54) is 44.6 Å². The highest BCUT2D eigenvalue weighted by Crippen LogP contribution is 2.36. The van der Waals surface area contributed by atoms with Crippen molar-refractivity contribution in [2.45, 2.75) is 39.5 Å². The van der Waals surface area contributed by atoms with Gasteiger partial charge in [-0.05, 0) is 81.4 Å². The predicted octanol–water partition coefficient (Wildman–Crippen LogP) is 4.13. The summed E-state index contributed by atoms with van der Waals surface area (Å²) in [4.78, 5) is 0.239. The summed E-state index contributed by atoms with van der Waals surface area (Å²) >= 11 is 0. The first-order valence-electron chi connectivity index (χ1n) is 10.8. The Hall–Kier alpha value is -3.50. The lowest BCUT2D eigenvalue weighted by molar-refractivity contribution is -0.315. The van der Waals surface area contributed by atoms with E-state index in [-0.39, 0.29) is 4.90 Å². The summed E-state index contributed by atoms with van der Waals surface area (Å²) < 4.78 is 31.0. The maximum Gasteiger partial charge on any atom is 0.267 e. The molecule has 2 aliphatic heterocycles. The van der Waals surface area contributed by atoms with Crippen molar-refractivity contribution >= 4 is 28.9 Å². The third-order valence-corrected chi connectivity index (χ3v) is 8.06. The molecular formula is C26H24BN3O2S. The maximum atomic E-state index is 12.7. The van der Waals surface area contributed by atoms with Crippen LogP contribution in [0.3, 0.4) is 0 Å². The summed E-state index contributed by atoms with van der Waals surface area (Å²) in [6.45, 7) is 10.7. The minimum atomic E-state index is -3.57. The van der Waals surface area contributed by atoms with Gasteiger partial charge in [0.15, 0.2) is 5.70 Å². The molecule has 3 aromatic rings. The van der Waals surface area contributed by atoms with Gasteiger partial charge >= 0.3 is 0 Å². The summed E-state index contributed by atoms with van der Waals surface area (Å²) in [5, 5.41) is 0. The molecule has 5 rings (SSSR count). The second-order valence-electron chi connectivity index (χ2n) is 8.52. The molecule has 2 aliphatic rings. The summed E-state index contributed by atoms with van der Waals surface area (Å²) in [5.41, 5.74) is 10.2. The molecule has 0 saturated heterocycles. The molecule has 7 heteroatoms. The number of hydrogen-bond acceptors (Lipinski definition) is 2. The van der Waals surface area contributed by atoms with Gasteiger partial charge in [-0.2, -0.15) is 0 Å². The third-order valence-electron chi connectivity index (χ3n) is 6.39. The largest absolute Gasteiger partial charge is 0.504 e. The minimum Gasteiger partial charge on any atom is -0.504 e. The quantitative estimate of drug-likeness (QED) is 0.433. The number of nitrogens with zero attached hydrogens (tertiary/aromatic N) is 3. The summed E-state index contributed by atoms with van der Waals surface area (Å²) in [5.74, 6) is 6.56. The third kappa shape index (κ3) is 3.25. The molecule has 0 bridgehead atoms. The number of rotatable bonds is 2. The average molecular weight is 453 g/mol. The van der Waals surface area contributed by atoms with Crippen molar-refractivity contribution in [2.75, 3.05) is 0 Å². The molecule has 0 N–H and O–H groups in total. The van der Waals surface area contributed by atoms with Gasteiger partial charge in [0.1, 0.15) is 5.71 Å². The lowest BCUT2D eigenvalue weighted by Crippen LogP contribution is -2.31. The molecule has 2 aromatic heterocycles. The van der Waals surface area contributed by atoms with Crippen LogP contribution in [-0.4, -0.2) is 34.6 Å². The second kappa shape index (κ2) is 7.53.